The highest BCUT2D eigenvalue weighted by molar-refractivity contribution is 5.94. The lowest BCUT2D eigenvalue weighted by Crippen LogP contribution is -2.50. The molecule has 4 heterocycles. The minimum Gasteiger partial charge on any atom is -0.354 e. The zero-order valence-corrected chi connectivity index (χ0v) is 28.0. The van der Waals surface area contributed by atoms with Gasteiger partial charge in [0.15, 0.2) is 11.6 Å². The maximum atomic E-state index is 13.8. The molecule has 1 aliphatic rings. The Bertz CT molecular complexity index is 1730. The third-order valence-corrected chi connectivity index (χ3v) is 8.16. The minimum atomic E-state index is -0.871. The Morgan fingerprint density at radius 2 is 1.65 bits per heavy atom. The molecule has 0 bridgehead atoms. The number of carbonyl (C=O) groups excluding carboxylic acids is 4. The summed E-state index contributed by atoms with van der Waals surface area (Å²) in [5.41, 5.74) is 1.97. The largest absolute Gasteiger partial charge is 0.354 e. The molecule has 3 N–H and O–H groups in total. The lowest BCUT2D eigenvalue weighted by Gasteiger charge is -2.26. The lowest BCUT2D eigenvalue weighted by molar-refractivity contribution is -0.129. The summed E-state index contributed by atoms with van der Waals surface area (Å²) in [5, 5.41) is 13.3. The first-order chi connectivity index (χ1) is 23.7. The van der Waals surface area contributed by atoms with Gasteiger partial charge in [-0.05, 0) is 43.4 Å². The van der Waals surface area contributed by atoms with Gasteiger partial charge in [0.2, 0.25) is 17.7 Å². The number of hydrogen-bond acceptors (Lipinski definition) is 9. The van der Waals surface area contributed by atoms with Gasteiger partial charge in [-0.1, -0.05) is 44.2 Å². The van der Waals surface area contributed by atoms with Crippen molar-refractivity contribution in [3.8, 4) is 11.4 Å². The van der Waals surface area contributed by atoms with Crippen molar-refractivity contribution in [1.82, 2.24) is 50.6 Å². The van der Waals surface area contributed by atoms with E-state index >= 15 is 0 Å². The van der Waals surface area contributed by atoms with E-state index in [4.69, 9.17) is 0 Å². The van der Waals surface area contributed by atoms with Crippen LogP contribution in [0.4, 0.5) is 0 Å². The monoisotopic (exact) mass is 666 g/mol. The summed E-state index contributed by atoms with van der Waals surface area (Å²) in [6, 6.07) is 11.6. The predicted octanol–water partition coefficient (Wildman–Crippen LogP) is 2.42. The van der Waals surface area contributed by atoms with Crippen LogP contribution in [0.15, 0.2) is 67.3 Å². The van der Waals surface area contributed by atoms with Crippen molar-refractivity contribution in [1.29, 1.82) is 0 Å². The third-order valence-electron chi connectivity index (χ3n) is 8.16. The zero-order chi connectivity index (χ0) is 34.8. The Balaban J connectivity index is 1.37. The maximum absolute atomic E-state index is 13.8. The molecule has 4 aromatic rings. The van der Waals surface area contributed by atoms with Gasteiger partial charge in [0.05, 0.1) is 11.6 Å². The Morgan fingerprint density at radius 3 is 2.37 bits per heavy atom. The van der Waals surface area contributed by atoms with Crippen LogP contribution in [0.3, 0.4) is 0 Å². The van der Waals surface area contributed by atoms with Gasteiger partial charge < -0.3 is 20.9 Å². The van der Waals surface area contributed by atoms with E-state index in [1.807, 2.05) is 44.2 Å². The number of aryl methyl sites for hydroxylation is 1. The molecule has 49 heavy (non-hydrogen) atoms. The molecule has 14 nitrogen and oxygen atoms in total. The smallest absolute Gasteiger partial charge is 0.256 e. The van der Waals surface area contributed by atoms with Gasteiger partial charge in [-0.15, -0.1) is 0 Å². The van der Waals surface area contributed by atoms with Gasteiger partial charge in [-0.3, -0.25) is 24.2 Å². The molecule has 0 aliphatic carbocycles. The summed E-state index contributed by atoms with van der Waals surface area (Å²) in [4.78, 5) is 72.7. The third kappa shape index (κ3) is 9.52. The van der Waals surface area contributed by atoms with Crippen molar-refractivity contribution in [2.24, 2.45) is 5.92 Å². The zero-order valence-electron chi connectivity index (χ0n) is 28.0. The number of hydrogen-bond donors (Lipinski definition) is 3. The second-order valence-electron chi connectivity index (χ2n) is 12.3. The first kappa shape index (κ1) is 34.8. The first-order valence-corrected chi connectivity index (χ1v) is 16.5. The van der Waals surface area contributed by atoms with Gasteiger partial charge in [0.25, 0.3) is 5.91 Å². The SMILES string of the molecule is Cc1nc2n(n1)CC(=O)NCCCN(C(=O)c1cnc(-c3ccncc3)nc1)CCCC(=O)N[C@H](Cc1ccccc1)C(=O)N[C@H]2C(C)C. The van der Waals surface area contributed by atoms with Gasteiger partial charge in [-0.2, -0.15) is 5.10 Å². The van der Waals surface area contributed by atoms with Crippen molar-refractivity contribution in [2.45, 2.75) is 65.1 Å². The van der Waals surface area contributed by atoms with E-state index in [2.05, 4.69) is 41.0 Å². The van der Waals surface area contributed by atoms with Crippen molar-refractivity contribution < 1.29 is 19.2 Å². The molecule has 3 aromatic heterocycles. The summed E-state index contributed by atoms with van der Waals surface area (Å²) in [6.07, 6.45) is 7.47. The molecule has 14 heteroatoms. The molecular formula is C35H42N10O4. The summed E-state index contributed by atoms with van der Waals surface area (Å²) < 4.78 is 1.51. The van der Waals surface area contributed by atoms with Crippen LogP contribution < -0.4 is 16.0 Å². The number of fused-ring (bicyclic) bond motifs is 1. The van der Waals surface area contributed by atoms with Gasteiger partial charge in [0.1, 0.15) is 18.4 Å². The average Bonchev–Trinajstić information content (AvgIpc) is 3.46. The van der Waals surface area contributed by atoms with Gasteiger partial charge in [-0.25, -0.2) is 19.6 Å². The number of carbonyl (C=O) groups is 4. The standard InChI is InChI=1S/C35H42N10O4/c1-23(2)31-33-40-24(3)43-45(33)22-30(47)37-14-8-18-44(35(49)27-20-38-32(39-21-27)26-12-15-36-16-13-26)17-7-11-29(46)41-28(34(48)42-31)19-25-9-5-4-6-10-25/h4-6,9-10,12-13,15-16,20-21,23,28,31H,7-8,11,14,17-19,22H2,1-3H3,(H,37,47)(H,41,46)(H,42,48)/t28-,31+/m1/s1. The first-order valence-electron chi connectivity index (χ1n) is 16.5. The average molecular weight is 667 g/mol. The quantitative estimate of drug-likeness (QED) is 0.289. The molecule has 1 aliphatic heterocycles. The van der Waals surface area contributed by atoms with E-state index in [1.54, 1.807) is 36.4 Å². The van der Waals surface area contributed by atoms with Gasteiger partial charge >= 0.3 is 0 Å². The highest BCUT2D eigenvalue weighted by atomic mass is 16.2. The number of amides is 4. The normalized spacial score (nSPS) is 18.4. The summed E-state index contributed by atoms with van der Waals surface area (Å²) in [7, 11) is 0. The van der Waals surface area contributed by atoms with Crippen LogP contribution in [0.25, 0.3) is 11.4 Å². The number of aromatic nitrogens is 6. The van der Waals surface area contributed by atoms with E-state index in [0.717, 1.165) is 11.1 Å². The second-order valence-corrected chi connectivity index (χ2v) is 12.3. The summed E-state index contributed by atoms with van der Waals surface area (Å²) in [6.45, 7) is 6.45. The Kier molecular flexibility index (Phi) is 11.7. The molecule has 5 rings (SSSR count). The fourth-order valence-corrected chi connectivity index (χ4v) is 5.63. The highest BCUT2D eigenvalue weighted by Gasteiger charge is 2.30. The molecule has 0 fully saturated rings. The van der Waals surface area contributed by atoms with Crippen LogP contribution in [0.1, 0.15) is 66.7 Å². The van der Waals surface area contributed by atoms with Gasteiger partial charge in [0, 0.05) is 62.8 Å². The Labute approximate surface area is 285 Å². The lowest BCUT2D eigenvalue weighted by atomic mass is 10.0. The van der Waals surface area contributed by atoms with Crippen LogP contribution in [0.2, 0.25) is 0 Å². The van der Waals surface area contributed by atoms with Crippen LogP contribution >= 0.6 is 0 Å². The second kappa shape index (κ2) is 16.5. The molecule has 2 atom stereocenters. The van der Waals surface area contributed by atoms with Crippen molar-refractivity contribution >= 4 is 23.6 Å². The fourth-order valence-electron chi connectivity index (χ4n) is 5.63. The van der Waals surface area contributed by atoms with Crippen LogP contribution in [-0.4, -0.2) is 83.9 Å². The number of benzene rings is 1. The van der Waals surface area contributed by atoms with Crippen molar-refractivity contribution in [2.75, 3.05) is 19.6 Å². The maximum Gasteiger partial charge on any atom is 0.256 e. The topological polar surface area (TPSA) is 177 Å². The molecule has 0 unspecified atom stereocenters. The molecule has 256 valence electrons. The summed E-state index contributed by atoms with van der Waals surface area (Å²) >= 11 is 0. The molecule has 0 saturated carbocycles. The predicted molar refractivity (Wildman–Crippen MR) is 181 cm³/mol. The Hall–Kier alpha value is -5.53. The van der Waals surface area contributed by atoms with Crippen molar-refractivity contribution in [3.63, 3.8) is 0 Å². The minimum absolute atomic E-state index is 0.0891. The van der Waals surface area contributed by atoms with E-state index in [0.29, 0.717) is 49.0 Å². The molecular weight excluding hydrogens is 624 g/mol. The molecule has 1 aromatic carbocycles. The number of nitrogens with zero attached hydrogens (tertiary/aromatic N) is 7. The molecule has 4 amide bonds. The van der Waals surface area contributed by atoms with E-state index < -0.39 is 12.1 Å². The Morgan fingerprint density at radius 1 is 0.939 bits per heavy atom. The number of nitrogens with one attached hydrogen (secondary N) is 3. The number of pyridine rings is 1. The number of rotatable bonds is 5. The summed E-state index contributed by atoms with van der Waals surface area (Å²) in [5.74, 6) is 0.0686. The van der Waals surface area contributed by atoms with Crippen molar-refractivity contribution in [3.05, 3.63) is 90.0 Å². The van der Waals surface area contributed by atoms with E-state index in [1.165, 1.54) is 17.1 Å². The highest BCUT2D eigenvalue weighted by Crippen LogP contribution is 2.21. The van der Waals surface area contributed by atoms with Crippen LogP contribution in [0, 0.1) is 12.8 Å². The fraction of sp³-hybridized carbons (Fsp3) is 0.400. The molecule has 0 saturated heterocycles. The molecule has 0 spiro atoms. The van der Waals surface area contributed by atoms with Crippen LogP contribution in [-0.2, 0) is 27.3 Å². The molecule has 0 radical (unpaired) electrons. The van der Waals surface area contributed by atoms with Crippen LogP contribution in [0.5, 0.6) is 0 Å². The van der Waals surface area contributed by atoms with E-state index in [9.17, 15) is 19.2 Å². The van der Waals surface area contributed by atoms with E-state index in [-0.39, 0.29) is 55.5 Å².